The lowest BCUT2D eigenvalue weighted by molar-refractivity contribution is 0.581. The fourth-order valence-electron chi connectivity index (χ4n) is 1.51. The van der Waals surface area contributed by atoms with Gasteiger partial charge in [0.05, 0.1) is 11.4 Å². The zero-order valence-corrected chi connectivity index (χ0v) is 12.3. The smallest absolute Gasteiger partial charge is 0.241 e. The third kappa shape index (κ3) is 3.31. The number of anilines is 1. The summed E-state index contributed by atoms with van der Waals surface area (Å²) in [5.74, 6) is 0. The molecule has 2 aromatic rings. The van der Waals surface area contributed by atoms with Crippen molar-refractivity contribution >= 4 is 27.0 Å². The van der Waals surface area contributed by atoms with Gasteiger partial charge in [0.1, 0.15) is 5.01 Å². The molecule has 0 unspecified atom stereocenters. The second kappa shape index (κ2) is 5.28. The van der Waals surface area contributed by atoms with Crippen LogP contribution in [0.3, 0.4) is 0 Å². The van der Waals surface area contributed by atoms with E-state index in [-0.39, 0.29) is 11.4 Å². The first kappa shape index (κ1) is 14.0. The van der Waals surface area contributed by atoms with Crippen molar-refractivity contribution in [3.05, 3.63) is 39.8 Å². The number of rotatable bonds is 4. The zero-order chi connectivity index (χ0) is 14.0. The first-order valence-corrected chi connectivity index (χ1v) is 8.01. The Morgan fingerprint density at radius 2 is 2.11 bits per heavy atom. The van der Waals surface area contributed by atoms with Crippen molar-refractivity contribution in [1.82, 2.24) is 9.71 Å². The molecule has 7 heteroatoms. The summed E-state index contributed by atoms with van der Waals surface area (Å²) >= 11 is 1.43. The van der Waals surface area contributed by atoms with Gasteiger partial charge in [-0.1, -0.05) is 6.07 Å². The molecule has 0 spiro atoms. The van der Waals surface area contributed by atoms with Gasteiger partial charge in [-0.05, 0) is 31.5 Å². The molecule has 0 amide bonds. The van der Waals surface area contributed by atoms with Crippen molar-refractivity contribution < 1.29 is 8.42 Å². The van der Waals surface area contributed by atoms with E-state index < -0.39 is 10.0 Å². The van der Waals surface area contributed by atoms with Gasteiger partial charge in [-0.25, -0.2) is 18.1 Å². The number of benzene rings is 1. The van der Waals surface area contributed by atoms with Gasteiger partial charge in [0.25, 0.3) is 0 Å². The van der Waals surface area contributed by atoms with E-state index in [2.05, 4.69) is 9.71 Å². The minimum Gasteiger partial charge on any atom is -0.398 e. The van der Waals surface area contributed by atoms with E-state index in [1.165, 1.54) is 17.4 Å². The van der Waals surface area contributed by atoms with E-state index in [1.807, 2.05) is 19.2 Å². The van der Waals surface area contributed by atoms with E-state index in [0.29, 0.717) is 5.69 Å². The van der Waals surface area contributed by atoms with Crippen molar-refractivity contribution in [1.29, 1.82) is 0 Å². The molecule has 102 valence electrons. The molecule has 1 heterocycles. The maximum absolute atomic E-state index is 12.1. The van der Waals surface area contributed by atoms with Crippen molar-refractivity contribution in [2.24, 2.45) is 0 Å². The lowest BCUT2D eigenvalue weighted by atomic mass is 10.2. The van der Waals surface area contributed by atoms with Gasteiger partial charge in [0.2, 0.25) is 10.0 Å². The molecule has 0 bridgehead atoms. The first-order valence-electron chi connectivity index (χ1n) is 5.65. The van der Waals surface area contributed by atoms with Gasteiger partial charge in [0.15, 0.2) is 0 Å². The Morgan fingerprint density at radius 1 is 1.37 bits per heavy atom. The standard InChI is InChI=1S/C12H15N3O2S2/c1-8-3-4-10(5-11(8)13)19(16,17)14-6-12-15-9(2)7-18-12/h3-5,7,14H,6,13H2,1-2H3. The van der Waals surface area contributed by atoms with Crippen LogP contribution in [-0.4, -0.2) is 13.4 Å². The Balaban J connectivity index is 2.16. The number of nitrogens with two attached hydrogens (primary N) is 1. The normalized spacial score (nSPS) is 11.7. The highest BCUT2D eigenvalue weighted by Gasteiger charge is 2.15. The van der Waals surface area contributed by atoms with E-state index in [4.69, 9.17) is 5.73 Å². The molecule has 0 aliphatic rings. The van der Waals surface area contributed by atoms with E-state index >= 15 is 0 Å². The summed E-state index contributed by atoms with van der Waals surface area (Å²) in [6.45, 7) is 3.89. The predicted molar refractivity (Wildman–Crippen MR) is 76.5 cm³/mol. The maximum atomic E-state index is 12.1. The number of nitrogens with zero attached hydrogens (tertiary/aromatic N) is 1. The molecule has 0 atom stereocenters. The number of nitrogens with one attached hydrogen (secondary N) is 1. The Hall–Kier alpha value is -1.44. The summed E-state index contributed by atoms with van der Waals surface area (Å²) in [5, 5.41) is 2.62. The highest BCUT2D eigenvalue weighted by Crippen LogP contribution is 2.17. The molecule has 0 aliphatic heterocycles. The lowest BCUT2D eigenvalue weighted by Gasteiger charge is -2.07. The number of nitrogen functional groups attached to an aromatic ring is 1. The summed E-state index contributed by atoms with van der Waals surface area (Å²) in [7, 11) is -3.55. The molecule has 3 N–H and O–H groups in total. The van der Waals surface area contributed by atoms with Gasteiger partial charge in [-0.15, -0.1) is 11.3 Å². The molecule has 2 rings (SSSR count). The van der Waals surface area contributed by atoms with Crippen molar-refractivity contribution in [2.75, 3.05) is 5.73 Å². The Morgan fingerprint density at radius 3 is 2.68 bits per heavy atom. The molecule has 1 aromatic heterocycles. The molecule has 0 aliphatic carbocycles. The van der Waals surface area contributed by atoms with Crippen LogP contribution in [0.2, 0.25) is 0 Å². The molecule has 0 saturated heterocycles. The van der Waals surface area contributed by atoms with Crippen molar-refractivity contribution in [3.8, 4) is 0 Å². The van der Waals surface area contributed by atoms with Gasteiger partial charge < -0.3 is 5.73 Å². The molecule has 0 saturated carbocycles. The van der Waals surface area contributed by atoms with Gasteiger partial charge in [-0.2, -0.15) is 0 Å². The number of hydrogen-bond acceptors (Lipinski definition) is 5. The van der Waals surface area contributed by atoms with Crippen LogP contribution in [-0.2, 0) is 16.6 Å². The second-order valence-corrected chi connectivity index (χ2v) is 6.94. The van der Waals surface area contributed by atoms with Crippen LogP contribution < -0.4 is 10.5 Å². The highest BCUT2D eigenvalue weighted by molar-refractivity contribution is 7.89. The number of sulfonamides is 1. The second-order valence-electron chi connectivity index (χ2n) is 4.23. The third-order valence-electron chi connectivity index (χ3n) is 2.64. The van der Waals surface area contributed by atoms with Crippen LogP contribution in [0.1, 0.15) is 16.3 Å². The highest BCUT2D eigenvalue weighted by atomic mass is 32.2. The monoisotopic (exact) mass is 297 g/mol. The largest absolute Gasteiger partial charge is 0.398 e. The summed E-state index contributed by atoms with van der Waals surface area (Å²) in [5.41, 5.74) is 7.93. The molecule has 19 heavy (non-hydrogen) atoms. The average molecular weight is 297 g/mol. The maximum Gasteiger partial charge on any atom is 0.241 e. The summed E-state index contributed by atoms with van der Waals surface area (Å²) in [6.07, 6.45) is 0. The average Bonchev–Trinajstić information content (AvgIpc) is 2.76. The fraction of sp³-hybridized carbons (Fsp3) is 0.250. The van der Waals surface area contributed by atoms with Gasteiger partial charge in [-0.3, -0.25) is 0 Å². The van der Waals surface area contributed by atoms with E-state index in [0.717, 1.165) is 16.3 Å². The topological polar surface area (TPSA) is 85.1 Å². The minimum absolute atomic E-state index is 0.170. The summed E-state index contributed by atoms with van der Waals surface area (Å²) in [6, 6.07) is 4.70. The van der Waals surface area contributed by atoms with Crippen molar-refractivity contribution in [3.63, 3.8) is 0 Å². The van der Waals surface area contributed by atoms with E-state index in [9.17, 15) is 8.42 Å². The zero-order valence-electron chi connectivity index (χ0n) is 10.7. The Bertz CT molecular complexity index is 693. The number of aryl methyl sites for hydroxylation is 2. The number of hydrogen-bond donors (Lipinski definition) is 2. The van der Waals surface area contributed by atoms with Gasteiger partial charge >= 0.3 is 0 Å². The molecular formula is C12H15N3O2S2. The summed E-state index contributed by atoms with van der Waals surface area (Å²) in [4.78, 5) is 4.38. The number of thiazole rings is 1. The number of aromatic nitrogens is 1. The van der Waals surface area contributed by atoms with Crippen molar-refractivity contribution in [2.45, 2.75) is 25.3 Å². The van der Waals surface area contributed by atoms with Crippen LogP contribution in [0, 0.1) is 13.8 Å². The molecular weight excluding hydrogens is 282 g/mol. The SMILES string of the molecule is Cc1csc(CNS(=O)(=O)c2ccc(C)c(N)c2)n1. The van der Waals surface area contributed by atoms with Crippen LogP contribution in [0.15, 0.2) is 28.5 Å². The predicted octanol–water partition coefficient (Wildman–Crippen LogP) is 1.82. The van der Waals surface area contributed by atoms with E-state index in [1.54, 1.807) is 12.1 Å². The minimum atomic E-state index is -3.55. The molecule has 1 aromatic carbocycles. The quantitative estimate of drug-likeness (QED) is 0.843. The molecule has 5 nitrogen and oxygen atoms in total. The Kier molecular flexibility index (Phi) is 3.88. The Labute approximate surface area is 116 Å². The molecule has 0 fully saturated rings. The van der Waals surface area contributed by atoms with Crippen LogP contribution in [0.4, 0.5) is 5.69 Å². The van der Waals surface area contributed by atoms with Crippen LogP contribution in [0.25, 0.3) is 0 Å². The van der Waals surface area contributed by atoms with Crippen LogP contribution >= 0.6 is 11.3 Å². The third-order valence-corrected chi connectivity index (χ3v) is 5.01. The molecule has 0 radical (unpaired) electrons. The summed E-state index contributed by atoms with van der Waals surface area (Å²) < 4.78 is 26.7. The van der Waals surface area contributed by atoms with Gasteiger partial charge in [0, 0.05) is 16.8 Å². The fourth-order valence-corrected chi connectivity index (χ4v) is 3.34. The first-order chi connectivity index (χ1) is 8.88. The lowest BCUT2D eigenvalue weighted by Crippen LogP contribution is -2.23. The van der Waals surface area contributed by atoms with Crippen LogP contribution in [0.5, 0.6) is 0 Å².